The topological polar surface area (TPSA) is 103 Å². The van der Waals surface area contributed by atoms with Gasteiger partial charge in [-0.1, -0.05) is 6.42 Å². The van der Waals surface area contributed by atoms with Crippen molar-refractivity contribution in [2.24, 2.45) is 0 Å². The van der Waals surface area contributed by atoms with Gasteiger partial charge in [-0.25, -0.2) is 9.67 Å². The summed E-state index contributed by atoms with van der Waals surface area (Å²) >= 11 is 0. The molecule has 0 spiro atoms. The van der Waals surface area contributed by atoms with E-state index in [2.05, 4.69) is 25.5 Å². The summed E-state index contributed by atoms with van der Waals surface area (Å²) in [5.74, 6) is 1.88. The number of hydrogen-bond acceptors (Lipinski definition) is 7. The summed E-state index contributed by atoms with van der Waals surface area (Å²) in [6, 6.07) is 3.77. The molecule has 27 heavy (non-hydrogen) atoms. The molecule has 0 radical (unpaired) electrons. The molecule has 0 saturated carbocycles. The third-order valence-corrected chi connectivity index (χ3v) is 5.23. The van der Waals surface area contributed by atoms with Crippen LogP contribution in [0.25, 0.3) is 11.5 Å². The Morgan fingerprint density at radius 3 is 3.11 bits per heavy atom. The predicted molar refractivity (Wildman–Crippen MR) is 93.3 cm³/mol. The van der Waals surface area contributed by atoms with Gasteiger partial charge < -0.3 is 9.32 Å². The van der Waals surface area contributed by atoms with E-state index >= 15 is 0 Å². The van der Waals surface area contributed by atoms with E-state index in [1.54, 1.807) is 17.1 Å². The molecule has 9 heteroatoms. The fraction of sp³-hybridized carbons (Fsp3) is 0.444. The molecule has 0 bridgehead atoms. The third-order valence-electron chi connectivity index (χ3n) is 5.23. The van der Waals surface area contributed by atoms with E-state index in [1.807, 2.05) is 17.0 Å². The van der Waals surface area contributed by atoms with Crippen LogP contribution in [0, 0.1) is 0 Å². The Kier molecular flexibility index (Phi) is 3.92. The number of fused-ring (bicyclic) bond motifs is 2. The molecule has 0 aromatic carbocycles. The second-order valence-electron chi connectivity index (χ2n) is 6.95. The highest BCUT2D eigenvalue weighted by Gasteiger charge is 2.34. The van der Waals surface area contributed by atoms with Crippen molar-refractivity contribution in [1.82, 2.24) is 35.1 Å². The predicted octanol–water partition coefficient (Wildman–Crippen LogP) is 1.58. The van der Waals surface area contributed by atoms with Gasteiger partial charge in [0.05, 0.1) is 18.0 Å². The molecule has 5 heterocycles. The molecule has 3 aromatic rings. The van der Waals surface area contributed by atoms with E-state index in [9.17, 15) is 4.79 Å². The highest BCUT2D eigenvalue weighted by Crippen LogP contribution is 2.30. The number of hydrogen-bond donors (Lipinski definition) is 0. The van der Waals surface area contributed by atoms with Gasteiger partial charge in [0, 0.05) is 31.9 Å². The first-order chi connectivity index (χ1) is 13.3. The van der Waals surface area contributed by atoms with Crippen molar-refractivity contribution < 1.29 is 9.21 Å². The highest BCUT2D eigenvalue weighted by molar-refractivity contribution is 5.83. The Labute approximate surface area is 155 Å². The molecule has 2 aliphatic heterocycles. The zero-order valence-electron chi connectivity index (χ0n) is 14.8. The van der Waals surface area contributed by atoms with E-state index in [0.29, 0.717) is 31.2 Å². The number of nitrogens with zero attached hydrogens (tertiary/aromatic N) is 7. The molecule has 5 rings (SSSR count). The minimum atomic E-state index is -0.284. The smallest absolute Gasteiger partial charge is 0.233 e. The SMILES string of the molecule is O=C(C1CCCCn2nnnc21)N1CCc2oc(-c3cccnc3)nc2C1. The molecule has 1 unspecified atom stereocenters. The first-order valence-electron chi connectivity index (χ1n) is 9.23. The number of amides is 1. The summed E-state index contributed by atoms with van der Waals surface area (Å²) in [6.07, 6.45) is 6.85. The minimum absolute atomic E-state index is 0.0736. The van der Waals surface area contributed by atoms with Crippen LogP contribution in [0.2, 0.25) is 0 Å². The monoisotopic (exact) mass is 365 g/mol. The van der Waals surface area contributed by atoms with Gasteiger partial charge in [0.15, 0.2) is 5.82 Å². The van der Waals surface area contributed by atoms with Gasteiger partial charge in [0.2, 0.25) is 11.8 Å². The van der Waals surface area contributed by atoms with Crippen LogP contribution in [-0.4, -0.2) is 47.5 Å². The van der Waals surface area contributed by atoms with Crippen molar-refractivity contribution in [2.45, 2.75) is 44.7 Å². The van der Waals surface area contributed by atoms with Crippen LogP contribution >= 0.6 is 0 Å². The summed E-state index contributed by atoms with van der Waals surface area (Å²) in [5.41, 5.74) is 1.66. The van der Waals surface area contributed by atoms with Crippen LogP contribution in [0.1, 0.15) is 42.5 Å². The molecule has 2 aliphatic rings. The number of pyridine rings is 1. The normalized spacial score (nSPS) is 19.3. The van der Waals surface area contributed by atoms with Crippen LogP contribution in [0.5, 0.6) is 0 Å². The quantitative estimate of drug-likeness (QED) is 0.679. The first-order valence-corrected chi connectivity index (χ1v) is 9.23. The van der Waals surface area contributed by atoms with Crippen molar-refractivity contribution in [3.63, 3.8) is 0 Å². The number of carbonyl (C=O) groups is 1. The second kappa shape index (κ2) is 6.57. The fourth-order valence-electron chi connectivity index (χ4n) is 3.81. The van der Waals surface area contributed by atoms with Gasteiger partial charge in [0.25, 0.3) is 0 Å². The van der Waals surface area contributed by atoms with Gasteiger partial charge in [0.1, 0.15) is 11.5 Å². The summed E-state index contributed by atoms with van der Waals surface area (Å²) in [6.45, 7) is 1.84. The lowest BCUT2D eigenvalue weighted by molar-refractivity contribution is -0.134. The van der Waals surface area contributed by atoms with Crippen LogP contribution in [0.4, 0.5) is 0 Å². The second-order valence-corrected chi connectivity index (χ2v) is 6.95. The van der Waals surface area contributed by atoms with Crippen molar-refractivity contribution >= 4 is 5.91 Å². The lowest BCUT2D eigenvalue weighted by Gasteiger charge is -2.28. The van der Waals surface area contributed by atoms with E-state index in [4.69, 9.17) is 4.42 Å². The molecule has 138 valence electrons. The lowest BCUT2D eigenvalue weighted by atomic mass is 9.99. The molecule has 0 fully saturated rings. The third kappa shape index (κ3) is 2.88. The van der Waals surface area contributed by atoms with Gasteiger partial charge in [-0.3, -0.25) is 9.78 Å². The molecule has 1 amide bonds. The number of tetrazole rings is 1. The summed E-state index contributed by atoms with van der Waals surface area (Å²) in [5, 5.41) is 11.9. The van der Waals surface area contributed by atoms with Crippen molar-refractivity contribution in [1.29, 1.82) is 0 Å². The van der Waals surface area contributed by atoms with E-state index < -0.39 is 0 Å². The largest absolute Gasteiger partial charge is 0.441 e. The van der Waals surface area contributed by atoms with Gasteiger partial charge in [-0.15, -0.1) is 5.10 Å². The number of aryl methyl sites for hydroxylation is 1. The van der Waals surface area contributed by atoms with Gasteiger partial charge in [-0.2, -0.15) is 0 Å². The van der Waals surface area contributed by atoms with Crippen molar-refractivity contribution in [3.8, 4) is 11.5 Å². The Bertz CT molecular complexity index is 965. The molecule has 0 saturated heterocycles. The molecule has 9 nitrogen and oxygen atoms in total. The van der Waals surface area contributed by atoms with Gasteiger partial charge in [-0.05, 0) is 35.4 Å². The summed E-state index contributed by atoms with van der Waals surface area (Å²) < 4.78 is 7.67. The molecular formula is C18H19N7O2. The summed E-state index contributed by atoms with van der Waals surface area (Å²) in [4.78, 5) is 23.8. The zero-order chi connectivity index (χ0) is 18.2. The van der Waals surface area contributed by atoms with Crippen LogP contribution in [0.15, 0.2) is 28.9 Å². The highest BCUT2D eigenvalue weighted by atomic mass is 16.4. The van der Waals surface area contributed by atoms with Crippen LogP contribution in [-0.2, 0) is 24.3 Å². The Morgan fingerprint density at radius 2 is 2.22 bits per heavy atom. The summed E-state index contributed by atoms with van der Waals surface area (Å²) in [7, 11) is 0. The average Bonchev–Trinajstić information content (AvgIpc) is 3.30. The standard InChI is InChI=1S/C18H19N7O2/c26-18(13-5-1-2-8-25-16(13)21-22-23-25)24-9-6-15-14(11-24)20-17(27-15)12-4-3-7-19-10-12/h3-4,7,10,13H,1-2,5-6,8-9,11H2. The molecule has 3 aromatic heterocycles. The first kappa shape index (κ1) is 16.1. The number of rotatable bonds is 2. The zero-order valence-corrected chi connectivity index (χ0v) is 14.8. The van der Waals surface area contributed by atoms with Gasteiger partial charge >= 0.3 is 0 Å². The minimum Gasteiger partial charge on any atom is -0.441 e. The van der Waals surface area contributed by atoms with E-state index in [0.717, 1.165) is 42.8 Å². The Balaban J connectivity index is 1.38. The lowest BCUT2D eigenvalue weighted by Crippen LogP contribution is -2.39. The molecule has 1 atom stereocenters. The Hall–Kier alpha value is -3.10. The fourth-order valence-corrected chi connectivity index (χ4v) is 3.81. The van der Waals surface area contributed by atoms with E-state index in [-0.39, 0.29) is 11.8 Å². The van der Waals surface area contributed by atoms with Crippen LogP contribution in [0.3, 0.4) is 0 Å². The molecular weight excluding hydrogens is 346 g/mol. The number of aromatic nitrogens is 6. The molecule has 0 N–H and O–H groups in total. The number of oxazole rings is 1. The van der Waals surface area contributed by atoms with Crippen molar-refractivity contribution in [3.05, 3.63) is 41.8 Å². The maximum atomic E-state index is 13.2. The maximum absolute atomic E-state index is 13.2. The average molecular weight is 365 g/mol. The van der Waals surface area contributed by atoms with Crippen molar-refractivity contribution in [2.75, 3.05) is 6.54 Å². The van der Waals surface area contributed by atoms with Crippen LogP contribution < -0.4 is 0 Å². The Morgan fingerprint density at radius 1 is 1.26 bits per heavy atom. The van der Waals surface area contributed by atoms with E-state index in [1.165, 1.54) is 0 Å². The molecule has 0 aliphatic carbocycles. The number of carbonyl (C=O) groups excluding carboxylic acids is 1. The maximum Gasteiger partial charge on any atom is 0.233 e.